The maximum absolute atomic E-state index is 12.9. The Balaban J connectivity index is 2.04. The normalized spacial score (nSPS) is 11.2. The van der Waals surface area contributed by atoms with Crippen molar-refractivity contribution < 1.29 is 17.9 Å². The molecule has 0 aromatic heterocycles. The van der Waals surface area contributed by atoms with E-state index in [1.54, 1.807) is 13.2 Å². The van der Waals surface area contributed by atoms with Gasteiger partial charge >= 0.3 is 6.18 Å². The molecule has 0 unspecified atom stereocenters. The third kappa shape index (κ3) is 3.90. The van der Waals surface area contributed by atoms with Gasteiger partial charge in [-0.2, -0.15) is 13.2 Å². The minimum absolute atomic E-state index is 0.0971. The lowest BCUT2D eigenvalue weighted by atomic mass is 10.1. The Morgan fingerprint density at radius 2 is 1.67 bits per heavy atom. The SMILES string of the molecule is COc1ccccc1CCNc1ccccc1C(F)(F)F. The maximum atomic E-state index is 12.9. The first kappa shape index (κ1) is 15.2. The van der Waals surface area contributed by atoms with Crippen LogP contribution in [0.15, 0.2) is 48.5 Å². The number of alkyl halides is 3. The lowest BCUT2D eigenvalue weighted by Gasteiger charge is -2.15. The molecule has 0 atom stereocenters. The summed E-state index contributed by atoms with van der Waals surface area (Å²) in [5, 5.41) is 2.84. The van der Waals surface area contributed by atoms with Gasteiger partial charge in [0.25, 0.3) is 0 Å². The van der Waals surface area contributed by atoms with E-state index in [4.69, 9.17) is 4.74 Å². The maximum Gasteiger partial charge on any atom is 0.418 e. The Bertz CT molecular complexity index is 596. The fraction of sp³-hybridized carbons (Fsp3) is 0.250. The Morgan fingerprint density at radius 1 is 1.00 bits per heavy atom. The lowest BCUT2D eigenvalue weighted by Crippen LogP contribution is -2.12. The number of nitrogens with one attached hydrogen (secondary N) is 1. The van der Waals surface area contributed by atoms with Gasteiger partial charge in [-0.1, -0.05) is 30.3 Å². The third-order valence-electron chi connectivity index (χ3n) is 3.13. The summed E-state index contributed by atoms with van der Waals surface area (Å²) in [6, 6.07) is 12.9. The van der Waals surface area contributed by atoms with Crippen molar-refractivity contribution in [1.82, 2.24) is 0 Å². The zero-order chi connectivity index (χ0) is 15.3. The molecule has 1 N–H and O–H groups in total. The van der Waals surface area contributed by atoms with Gasteiger partial charge in [0.05, 0.1) is 12.7 Å². The average molecular weight is 295 g/mol. The molecule has 0 radical (unpaired) electrons. The highest BCUT2D eigenvalue weighted by Gasteiger charge is 2.32. The largest absolute Gasteiger partial charge is 0.496 e. The summed E-state index contributed by atoms with van der Waals surface area (Å²) in [7, 11) is 1.57. The topological polar surface area (TPSA) is 21.3 Å². The van der Waals surface area contributed by atoms with Crippen LogP contribution in [0.3, 0.4) is 0 Å². The molecular weight excluding hydrogens is 279 g/mol. The summed E-state index contributed by atoms with van der Waals surface area (Å²) in [4.78, 5) is 0. The van der Waals surface area contributed by atoms with E-state index in [1.807, 2.05) is 24.3 Å². The highest BCUT2D eigenvalue weighted by atomic mass is 19.4. The predicted molar refractivity (Wildman–Crippen MR) is 76.6 cm³/mol. The monoisotopic (exact) mass is 295 g/mol. The highest BCUT2D eigenvalue weighted by Crippen LogP contribution is 2.34. The number of benzene rings is 2. The molecule has 0 fully saturated rings. The van der Waals surface area contributed by atoms with Gasteiger partial charge in [-0.15, -0.1) is 0 Å². The molecule has 0 amide bonds. The Morgan fingerprint density at radius 3 is 2.38 bits per heavy atom. The van der Waals surface area contributed by atoms with Gasteiger partial charge in [0.2, 0.25) is 0 Å². The van der Waals surface area contributed by atoms with Crippen LogP contribution in [0.2, 0.25) is 0 Å². The van der Waals surface area contributed by atoms with Crippen LogP contribution in [-0.4, -0.2) is 13.7 Å². The van der Waals surface area contributed by atoms with Crippen molar-refractivity contribution in [3.63, 3.8) is 0 Å². The molecule has 2 rings (SSSR count). The summed E-state index contributed by atoms with van der Waals surface area (Å²) in [5.74, 6) is 0.739. The van der Waals surface area contributed by atoms with E-state index in [1.165, 1.54) is 12.1 Å². The highest BCUT2D eigenvalue weighted by molar-refractivity contribution is 5.52. The number of ether oxygens (including phenoxy) is 1. The van der Waals surface area contributed by atoms with Crippen LogP contribution in [0.5, 0.6) is 5.75 Å². The molecule has 0 saturated heterocycles. The van der Waals surface area contributed by atoms with Crippen molar-refractivity contribution in [2.75, 3.05) is 19.0 Å². The first-order valence-electron chi connectivity index (χ1n) is 6.54. The van der Waals surface area contributed by atoms with Crippen molar-refractivity contribution in [3.8, 4) is 5.75 Å². The molecular formula is C16H16F3NO. The Hall–Kier alpha value is -2.17. The van der Waals surface area contributed by atoms with Crippen LogP contribution < -0.4 is 10.1 Å². The summed E-state index contributed by atoms with van der Waals surface area (Å²) in [6.45, 7) is 0.396. The molecule has 0 aliphatic heterocycles. The lowest BCUT2D eigenvalue weighted by molar-refractivity contribution is -0.136. The minimum Gasteiger partial charge on any atom is -0.496 e. The number of halogens is 3. The summed E-state index contributed by atoms with van der Waals surface area (Å²) in [5.41, 5.74) is 0.405. The van der Waals surface area contributed by atoms with Crippen LogP contribution >= 0.6 is 0 Å². The molecule has 0 aliphatic rings. The molecule has 2 nitrogen and oxygen atoms in total. The van der Waals surface area contributed by atoms with Crippen molar-refractivity contribution >= 4 is 5.69 Å². The first-order chi connectivity index (χ1) is 10.0. The van der Waals surface area contributed by atoms with Gasteiger partial charge in [-0.05, 0) is 30.2 Å². The van der Waals surface area contributed by atoms with Crippen LogP contribution in [0.4, 0.5) is 18.9 Å². The second-order valence-electron chi connectivity index (χ2n) is 4.53. The van der Waals surface area contributed by atoms with Crippen molar-refractivity contribution in [2.24, 2.45) is 0 Å². The number of hydrogen-bond acceptors (Lipinski definition) is 2. The van der Waals surface area contributed by atoms with Gasteiger partial charge in [-0.25, -0.2) is 0 Å². The van der Waals surface area contributed by atoms with Crippen molar-refractivity contribution in [2.45, 2.75) is 12.6 Å². The number of hydrogen-bond donors (Lipinski definition) is 1. The van der Waals surface area contributed by atoms with E-state index in [0.29, 0.717) is 13.0 Å². The first-order valence-corrected chi connectivity index (χ1v) is 6.54. The van der Waals surface area contributed by atoms with E-state index in [0.717, 1.165) is 17.4 Å². The number of rotatable bonds is 5. The van der Waals surface area contributed by atoms with Gasteiger partial charge < -0.3 is 10.1 Å². The van der Waals surface area contributed by atoms with E-state index < -0.39 is 11.7 Å². The fourth-order valence-electron chi connectivity index (χ4n) is 2.13. The summed E-state index contributed by atoms with van der Waals surface area (Å²) < 4.78 is 43.8. The molecule has 0 heterocycles. The smallest absolute Gasteiger partial charge is 0.418 e. The molecule has 112 valence electrons. The van der Waals surface area contributed by atoms with Gasteiger partial charge in [-0.3, -0.25) is 0 Å². The molecule has 0 spiro atoms. The minimum atomic E-state index is -4.35. The van der Waals surface area contributed by atoms with Crippen LogP contribution in [-0.2, 0) is 12.6 Å². The zero-order valence-electron chi connectivity index (χ0n) is 11.6. The number of anilines is 1. The third-order valence-corrected chi connectivity index (χ3v) is 3.13. The van der Waals surface area contributed by atoms with Crippen molar-refractivity contribution in [1.29, 1.82) is 0 Å². The molecule has 5 heteroatoms. The van der Waals surface area contributed by atoms with E-state index in [9.17, 15) is 13.2 Å². The van der Waals surface area contributed by atoms with Gasteiger partial charge in [0, 0.05) is 12.2 Å². The summed E-state index contributed by atoms with van der Waals surface area (Å²) >= 11 is 0. The van der Waals surface area contributed by atoms with Gasteiger partial charge in [0.1, 0.15) is 5.75 Å². The quantitative estimate of drug-likeness (QED) is 0.884. The summed E-state index contributed by atoms with van der Waals surface area (Å²) in [6.07, 6.45) is -3.77. The average Bonchev–Trinajstić information content (AvgIpc) is 2.47. The predicted octanol–water partition coefficient (Wildman–Crippen LogP) is 4.37. The molecule has 0 aliphatic carbocycles. The van der Waals surface area contributed by atoms with Gasteiger partial charge in [0.15, 0.2) is 0 Å². The zero-order valence-corrected chi connectivity index (χ0v) is 11.6. The van der Waals surface area contributed by atoms with Crippen molar-refractivity contribution in [3.05, 3.63) is 59.7 Å². The van der Waals surface area contributed by atoms with E-state index in [-0.39, 0.29) is 5.69 Å². The molecule has 0 saturated carbocycles. The standard InChI is InChI=1S/C16H16F3NO/c1-21-15-9-5-2-6-12(15)10-11-20-14-8-4-3-7-13(14)16(17,18)19/h2-9,20H,10-11H2,1H3. The second-order valence-corrected chi connectivity index (χ2v) is 4.53. The van der Waals surface area contributed by atoms with Crippen LogP contribution in [0.1, 0.15) is 11.1 Å². The number of para-hydroxylation sites is 2. The fourth-order valence-corrected chi connectivity index (χ4v) is 2.13. The van der Waals surface area contributed by atoms with Crippen LogP contribution in [0.25, 0.3) is 0 Å². The Labute approximate surface area is 121 Å². The van der Waals surface area contributed by atoms with E-state index in [2.05, 4.69) is 5.32 Å². The second kappa shape index (κ2) is 6.52. The van der Waals surface area contributed by atoms with E-state index >= 15 is 0 Å². The Kier molecular flexibility index (Phi) is 4.73. The molecule has 0 bridgehead atoms. The molecule has 21 heavy (non-hydrogen) atoms. The molecule has 2 aromatic rings. The molecule has 2 aromatic carbocycles. The number of methoxy groups -OCH3 is 1. The van der Waals surface area contributed by atoms with Crippen LogP contribution in [0, 0.1) is 0 Å².